The number of hydrogen-bond donors (Lipinski definition) is 1. The van der Waals surface area contributed by atoms with Gasteiger partial charge < -0.3 is 10.1 Å². The zero-order chi connectivity index (χ0) is 11.2. The highest BCUT2D eigenvalue weighted by atomic mass is 16.5. The molecule has 0 saturated carbocycles. The Hall–Kier alpha value is -0.340. The molecule has 1 aliphatic heterocycles. The average molecular weight is 223 g/mol. The molecule has 0 amide bonds. The molecule has 1 saturated heterocycles. The third kappa shape index (κ3) is 3.08. The lowest BCUT2D eigenvalue weighted by Crippen LogP contribution is -2.41. The number of hydrogen-bond acceptors (Lipinski definition) is 2. The van der Waals surface area contributed by atoms with Gasteiger partial charge in [0.2, 0.25) is 0 Å². The Morgan fingerprint density at radius 3 is 3.00 bits per heavy atom. The van der Waals surface area contributed by atoms with Crippen LogP contribution in [0.15, 0.2) is 11.6 Å². The molecule has 92 valence electrons. The lowest BCUT2D eigenvalue weighted by Gasteiger charge is -2.28. The van der Waals surface area contributed by atoms with Crippen LogP contribution < -0.4 is 5.32 Å². The molecule has 2 aliphatic rings. The number of allylic oxidation sites excluding steroid dienone is 1. The summed E-state index contributed by atoms with van der Waals surface area (Å²) in [5.41, 5.74) is 1.62. The van der Waals surface area contributed by atoms with E-state index in [0.717, 1.165) is 13.2 Å². The highest BCUT2D eigenvalue weighted by Gasteiger charge is 2.28. The van der Waals surface area contributed by atoms with Crippen LogP contribution in [0.3, 0.4) is 0 Å². The highest BCUT2D eigenvalue weighted by molar-refractivity contribution is 5.16. The Bertz CT molecular complexity index is 231. The molecule has 2 atom stereocenters. The third-order valence-corrected chi connectivity index (χ3v) is 3.68. The minimum Gasteiger partial charge on any atom is -0.376 e. The standard InChI is InChI=1S/C14H25NO/c1-2-10-15-14(13-9-6-11-16-13)12-7-4-3-5-8-12/h7,13-15H,2-6,8-11H2,1H3. The SMILES string of the molecule is CCCNC(C1=CCCCC1)C1CCCO1. The van der Waals surface area contributed by atoms with Crippen molar-refractivity contribution in [2.24, 2.45) is 0 Å². The van der Waals surface area contributed by atoms with E-state index in [-0.39, 0.29) is 0 Å². The zero-order valence-electron chi connectivity index (χ0n) is 10.5. The van der Waals surface area contributed by atoms with Gasteiger partial charge in [0, 0.05) is 6.61 Å². The topological polar surface area (TPSA) is 21.3 Å². The van der Waals surface area contributed by atoms with E-state index in [1.807, 2.05) is 0 Å². The molecule has 0 aromatic rings. The van der Waals surface area contributed by atoms with Crippen molar-refractivity contribution in [3.8, 4) is 0 Å². The molecule has 2 heteroatoms. The van der Waals surface area contributed by atoms with Gasteiger partial charge in [-0.2, -0.15) is 0 Å². The van der Waals surface area contributed by atoms with Crippen LogP contribution in [0.4, 0.5) is 0 Å². The molecule has 16 heavy (non-hydrogen) atoms. The van der Waals surface area contributed by atoms with E-state index >= 15 is 0 Å². The summed E-state index contributed by atoms with van der Waals surface area (Å²) in [6.07, 6.45) is 11.9. The quantitative estimate of drug-likeness (QED) is 0.723. The van der Waals surface area contributed by atoms with Crippen LogP contribution in [0, 0.1) is 0 Å². The summed E-state index contributed by atoms with van der Waals surface area (Å²) in [5.74, 6) is 0. The molecule has 0 spiro atoms. The molecule has 1 aliphatic carbocycles. The van der Waals surface area contributed by atoms with Gasteiger partial charge in [-0.05, 0) is 51.5 Å². The van der Waals surface area contributed by atoms with Crippen molar-refractivity contribution >= 4 is 0 Å². The number of ether oxygens (including phenoxy) is 1. The second-order valence-corrected chi connectivity index (χ2v) is 5.01. The van der Waals surface area contributed by atoms with Crippen LogP contribution in [0.5, 0.6) is 0 Å². The highest BCUT2D eigenvalue weighted by Crippen LogP contribution is 2.27. The zero-order valence-corrected chi connectivity index (χ0v) is 10.5. The smallest absolute Gasteiger partial charge is 0.0767 e. The average Bonchev–Trinajstić information content (AvgIpc) is 2.85. The van der Waals surface area contributed by atoms with Gasteiger partial charge in [-0.3, -0.25) is 0 Å². The lowest BCUT2D eigenvalue weighted by atomic mass is 9.90. The minimum atomic E-state index is 0.441. The maximum absolute atomic E-state index is 5.86. The maximum atomic E-state index is 5.86. The fourth-order valence-corrected chi connectivity index (χ4v) is 2.81. The van der Waals surface area contributed by atoms with E-state index in [1.165, 1.54) is 44.9 Å². The van der Waals surface area contributed by atoms with E-state index in [1.54, 1.807) is 5.57 Å². The summed E-state index contributed by atoms with van der Waals surface area (Å²) in [6.45, 7) is 4.30. The monoisotopic (exact) mass is 223 g/mol. The molecule has 2 nitrogen and oxygen atoms in total. The molecule has 2 rings (SSSR count). The summed E-state index contributed by atoms with van der Waals surface area (Å²) >= 11 is 0. The van der Waals surface area contributed by atoms with Crippen LogP contribution >= 0.6 is 0 Å². The van der Waals surface area contributed by atoms with Crippen molar-refractivity contribution in [1.82, 2.24) is 5.32 Å². The summed E-state index contributed by atoms with van der Waals surface area (Å²) in [7, 11) is 0. The lowest BCUT2D eigenvalue weighted by molar-refractivity contribution is 0.0871. The minimum absolute atomic E-state index is 0.441. The van der Waals surface area contributed by atoms with Crippen LogP contribution in [0.2, 0.25) is 0 Å². The first kappa shape index (κ1) is 12.1. The van der Waals surface area contributed by atoms with Crippen molar-refractivity contribution in [2.75, 3.05) is 13.2 Å². The van der Waals surface area contributed by atoms with Crippen LogP contribution in [-0.2, 0) is 4.74 Å². The Morgan fingerprint density at radius 1 is 1.44 bits per heavy atom. The fraction of sp³-hybridized carbons (Fsp3) is 0.857. The first-order valence-electron chi connectivity index (χ1n) is 6.95. The summed E-state index contributed by atoms with van der Waals surface area (Å²) in [4.78, 5) is 0. The van der Waals surface area contributed by atoms with Crippen LogP contribution in [-0.4, -0.2) is 25.3 Å². The van der Waals surface area contributed by atoms with Crippen LogP contribution in [0.1, 0.15) is 51.9 Å². The molecule has 0 radical (unpaired) electrons. The van der Waals surface area contributed by atoms with Gasteiger partial charge in [-0.15, -0.1) is 0 Å². The molecule has 2 unspecified atom stereocenters. The van der Waals surface area contributed by atoms with Crippen molar-refractivity contribution < 1.29 is 4.74 Å². The van der Waals surface area contributed by atoms with Crippen molar-refractivity contribution in [3.05, 3.63) is 11.6 Å². The van der Waals surface area contributed by atoms with E-state index in [2.05, 4.69) is 18.3 Å². The van der Waals surface area contributed by atoms with Crippen molar-refractivity contribution in [3.63, 3.8) is 0 Å². The van der Waals surface area contributed by atoms with E-state index in [9.17, 15) is 0 Å². The molecule has 0 bridgehead atoms. The third-order valence-electron chi connectivity index (χ3n) is 3.68. The molecule has 1 fully saturated rings. The maximum Gasteiger partial charge on any atom is 0.0767 e. The van der Waals surface area contributed by atoms with Gasteiger partial charge >= 0.3 is 0 Å². The van der Waals surface area contributed by atoms with Gasteiger partial charge in [-0.1, -0.05) is 18.6 Å². The first-order valence-corrected chi connectivity index (χ1v) is 6.95. The molecule has 1 heterocycles. The van der Waals surface area contributed by atoms with Gasteiger partial charge in [0.1, 0.15) is 0 Å². The molecule has 0 aromatic heterocycles. The molecule has 1 N–H and O–H groups in total. The van der Waals surface area contributed by atoms with E-state index in [0.29, 0.717) is 12.1 Å². The predicted octanol–water partition coefficient (Wildman–Crippen LogP) is 3.03. The van der Waals surface area contributed by atoms with Gasteiger partial charge in [0.05, 0.1) is 12.1 Å². The second-order valence-electron chi connectivity index (χ2n) is 5.01. The molecular formula is C14H25NO. The fourth-order valence-electron chi connectivity index (χ4n) is 2.81. The van der Waals surface area contributed by atoms with Gasteiger partial charge in [0.25, 0.3) is 0 Å². The summed E-state index contributed by atoms with van der Waals surface area (Å²) < 4.78 is 5.86. The molecular weight excluding hydrogens is 198 g/mol. The Morgan fingerprint density at radius 2 is 2.38 bits per heavy atom. The first-order chi connectivity index (χ1) is 7.92. The van der Waals surface area contributed by atoms with Gasteiger partial charge in [-0.25, -0.2) is 0 Å². The summed E-state index contributed by atoms with van der Waals surface area (Å²) in [5, 5.41) is 3.69. The Labute approximate surface area is 99.4 Å². The van der Waals surface area contributed by atoms with Crippen LogP contribution in [0.25, 0.3) is 0 Å². The number of nitrogens with one attached hydrogen (secondary N) is 1. The normalized spacial score (nSPS) is 27.8. The largest absolute Gasteiger partial charge is 0.376 e. The predicted molar refractivity (Wildman–Crippen MR) is 67.6 cm³/mol. The molecule has 0 aromatic carbocycles. The second kappa shape index (κ2) is 6.41. The number of rotatable bonds is 5. The van der Waals surface area contributed by atoms with E-state index in [4.69, 9.17) is 4.74 Å². The summed E-state index contributed by atoms with van der Waals surface area (Å²) in [6, 6.07) is 0.503. The van der Waals surface area contributed by atoms with E-state index < -0.39 is 0 Å². The Kier molecular flexibility index (Phi) is 4.86. The Balaban J connectivity index is 1.97. The van der Waals surface area contributed by atoms with Gasteiger partial charge in [0.15, 0.2) is 0 Å². The van der Waals surface area contributed by atoms with Crippen molar-refractivity contribution in [2.45, 2.75) is 64.0 Å². The van der Waals surface area contributed by atoms with Crippen molar-refractivity contribution in [1.29, 1.82) is 0 Å².